The minimum absolute atomic E-state index is 0.0239. The van der Waals surface area contributed by atoms with E-state index in [0.29, 0.717) is 5.56 Å². The second-order valence-electron chi connectivity index (χ2n) is 4.12. The largest absolute Gasteiger partial charge is 0.462 e. The van der Waals surface area contributed by atoms with Crippen molar-refractivity contribution in [2.24, 2.45) is 7.05 Å². The molecular formula is C13H12N2O6. The number of esters is 1. The van der Waals surface area contributed by atoms with Crippen LogP contribution in [0.5, 0.6) is 0 Å². The third-order valence-electron chi connectivity index (χ3n) is 2.78. The van der Waals surface area contributed by atoms with Gasteiger partial charge in [0, 0.05) is 24.7 Å². The predicted octanol–water partition coefficient (Wildman–Crippen LogP) is 1.73. The Morgan fingerprint density at radius 3 is 2.52 bits per heavy atom. The highest BCUT2D eigenvalue weighted by Crippen LogP contribution is 2.25. The lowest BCUT2D eigenvalue weighted by Crippen LogP contribution is -2.20. The predicted molar refractivity (Wildman–Crippen MR) is 72.0 cm³/mol. The van der Waals surface area contributed by atoms with Crippen LogP contribution in [0.3, 0.4) is 0 Å². The third-order valence-corrected chi connectivity index (χ3v) is 2.78. The van der Waals surface area contributed by atoms with Crippen LogP contribution in [0, 0.1) is 10.1 Å². The minimum atomic E-state index is -0.791. The maximum absolute atomic E-state index is 11.9. The second-order valence-corrected chi connectivity index (χ2v) is 4.12. The molecule has 0 saturated carbocycles. The molecule has 1 aromatic heterocycles. The number of nitrogens with zero attached hydrogens (tertiary/aromatic N) is 2. The Balaban J connectivity index is 2.53. The van der Waals surface area contributed by atoms with Crippen molar-refractivity contribution in [2.45, 2.75) is 6.92 Å². The average molecular weight is 292 g/mol. The van der Waals surface area contributed by atoms with Crippen molar-refractivity contribution in [2.75, 3.05) is 6.61 Å². The average Bonchev–Trinajstić information content (AvgIpc) is 2.75. The smallest absolute Gasteiger partial charge is 0.347 e. The number of hydrogen-bond acceptors (Lipinski definition) is 6. The number of nitro benzene ring substituents is 1. The van der Waals surface area contributed by atoms with Crippen molar-refractivity contribution in [1.29, 1.82) is 0 Å². The normalized spacial score (nSPS) is 10.4. The van der Waals surface area contributed by atoms with Crippen LogP contribution in [0.25, 0.3) is 11.3 Å². The van der Waals surface area contributed by atoms with E-state index in [2.05, 4.69) is 0 Å². The van der Waals surface area contributed by atoms with Crippen LogP contribution in [0.15, 0.2) is 33.6 Å². The summed E-state index contributed by atoms with van der Waals surface area (Å²) in [7, 11) is 1.36. The van der Waals surface area contributed by atoms with Gasteiger partial charge in [-0.15, -0.1) is 0 Å². The lowest BCUT2D eigenvalue weighted by Gasteiger charge is -2.00. The Kier molecular flexibility index (Phi) is 3.88. The van der Waals surface area contributed by atoms with Crippen molar-refractivity contribution in [3.8, 4) is 11.3 Å². The topological polar surface area (TPSA) is 105 Å². The van der Waals surface area contributed by atoms with Gasteiger partial charge in [-0.2, -0.15) is 4.74 Å². The van der Waals surface area contributed by atoms with Crippen LogP contribution in [0.4, 0.5) is 5.69 Å². The highest BCUT2D eigenvalue weighted by atomic mass is 16.6. The van der Waals surface area contributed by atoms with Gasteiger partial charge in [-0.3, -0.25) is 14.9 Å². The van der Waals surface area contributed by atoms with Crippen molar-refractivity contribution in [1.82, 2.24) is 4.74 Å². The van der Waals surface area contributed by atoms with E-state index in [-0.39, 0.29) is 23.6 Å². The fourth-order valence-electron chi connectivity index (χ4n) is 1.79. The van der Waals surface area contributed by atoms with Gasteiger partial charge in [-0.05, 0) is 19.1 Å². The first-order valence-electron chi connectivity index (χ1n) is 6.08. The van der Waals surface area contributed by atoms with Gasteiger partial charge in [-0.1, -0.05) is 0 Å². The number of aryl methyl sites for hydroxylation is 1. The Labute approximate surface area is 118 Å². The van der Waals surface area contributed by atoms with Gasteiger partial charge in [-0.25, -0.2) is 4.79 Å². The van der Waals surface area contributed by atoms with Gasteiger partial charge in [0.2, 0.25) is 0 Å². The summed E-state index contributed by atoms with van der Waals surface area (Å²) in [4.78, 5) is 33.8. The van der Waals surface area contributed by atoms with Crippen LogP contribution in [0.2, 0.25) is 0 Å². The first kappa shape index (κ1) is 14.5. The van der Waals surface area contributed by atoms with Crippen molar-refractivity contribution in [3.63, 3.8) is 0 Å². The number of hydrogen-bond donors (Lipinski definition) is 0. The molecule has 110 valence electrons. The molecule has 2 rings (SSSR count). The fraction of sp³-hybridized carbons (Fsp3) is 0.231. The number of carbonyl (C=O) groups is 1. The highest BCUT2D eigenvalue weighted by molar-refractivity contribution is 5.95. The van der Waals surface area contributed by atoms with E-state index >= 15 is 0 Å². The summed E-state index contributed by atoms with van der Waals surface area (Å²) in [6, 6.07) is 5.33. The molecule has 0 amide bonds. The molecule has 0 saturated heterocycles. The summed E-state index contributed by atoms with van der Waals surface area (Å²) in [6.45, 7) is 1.74. The van der Waals surface area contributed by atoms with E-state index in [9.17, 15) is 19.7 Å². The number of carbonyl (C=O) groups excluding carboxylic acids is 1. The summed E-state index contributed by atoms with van der Waals surface area (Å²) in [5.41, 5.74) is -0.578. The molecule has 8 heteroatoms. The maximum atomic E-state index is 11.9. The lowest BCUT2D eigenvalue weighted by atomic mass is 10.1. The number of nitro groups is 1. The minimum Gasteiger partial charge on any atom is -0.462 e. The van der Waals surface area contributed by atoms with Gasteiger partial charge in [0.25, 0.3) is 11.2 Å². The molecule has 21 heavy (non-hydrogen) atoms. The van der Waals surface area contributed by atoms with Gasteiger partial charge >= 0.3 is 5.97 Å². The molecule has 2 aromatic rings. The molecule has 0 radical (unpaired) electrons. The Morgan fingerprint density at radius 1 is 1.38 bits per heavy atom. The standard InChI is InChI=1S/C13H12N2O6/c1-3-20-13(17)10-11(21-14(2)12(10)16)8-4-6-9(7-5-8)15(18)19/h4-7H,3H2,1-2H3. The lowest BCUT2D eigenvalue weighted by molar-refractivity contribution is -0.384. The van der Waals surface area contributed by atoms with Crippen LogP contribution >= 0.6 is 0 Å². The van der Waals surface area contributed by atoms with E-state index in [4.69, 9.17) is 9.26 Å². The molecule has 0 aliphatic rings. The van der Waals surface area contributed by atoms with Crippen LogP contribution in [-0.4, -0.2) is 22.2 Å². The molecule has 0 fully saturated rings. The van der Waals surface area contributed by atoms with Crippen LogP contribution < -0.4 is 5.56 Å². The third kappa shape index (κ3) is 2.69. The first-order valence-corrected chi connectivity index (χ1v) is 6.08. The summed E-state index contributed by atoms with van der Waals surface area (Å²) < 4.78 is 11.0. The van der Waals surface area contributed by atoms with Crippen molar-refractivity contribution >= 4 is 11.7 Å². The summed E-state index contributed by atoms with van der Waals surface area (Å²) in [5.74, 6) is -0.768. The van der Waals surface area contributed by atoms with E-state index in [1.807, 2.05) is 0 Å². The van der Waals surface area contributed by atoms with Gasteiger partial charge in [0.05, 0.1) is 11.5 Å². The fourth-order valence-corrected chi connectivity index (χ4v) is 1.79. The summed E-state index contributed by atoms with van der Waals surface area (Å²) >= 11 is 0. The van der Waals surface area contributed by atoms with E-state index in [1.165, 1.54) is 31.3 Å². The monoisotopic (exact) mass is 292 g/mol. The number of aromatic nitrogens is 1. The molecule has 0 spiro atoms. The van der Waals surface area contributed by atoms with Gasteiger partial charge in [0.15, 0.2) is 11.3 Å². The Bertz CT molecular complexity index is 741. The SMILES string of the molecule is CCOC(=O)c1c(-c2ccc([N+](=O)[O-])cc2)on(C)c1=O. The Hall–Kier alpha value is -2.90. The molecule has 0 atom stereocenters. The molecule has 1 aromatic carbocycles. The summed E-state index contributed by atoms with van der Waals surface area (Å²) in [5, 5.41) is 10.6. The highest BCUT2D eigenvalue weighted by Gasteiger charge is 2.25. The molecule has 8 nitrogen and oxygen atoms in total. The molecule has 0 aliphatic heterocycles. The quantitative estimate of drug-likeness (QED) is 0.483. The molecule has 0 N–H and O–H groups in total. The molecule has 1 heterocycles. The molecule has 0 unspecified atom stereocenters. The number of non-ortho nitro benzene ring substituents is 1. The summed E-state index contributed by atoms with van der Waals surface area (Å²) in [6.07, 6.45) is 0. The number of rotatable bonds is 4. The molecular weight excluding hydrogens is 280 g/mol. The van der Waals surface area contributed by atoms with Crippen molar-refractivity contribution < 1.29 is 19.0 Å². The zero-order valence-corrected chi connectivity index (χ0v) is 11.4. The van der Waals surface area contributed by atoms with Gasteiger partial charge in [0.1, 0.15) is 0 Å². The number of benzene rings is 1. The van der Waals surface area contributed by atoms with E-state index in [0.717, 1.165) is 4.74 Å². The van der Waals surface area contributed by atoms with Crippen LogP contribution in [-0.2, 0) is 11.8 Å². The van der Waals surface area contributed by atoms with Crippen LogP contribution in [0.1, 0.15) is 17.3 Å². The second kappa shape index (κ2) is 5.61. The van der Waals surface area contributed by atoms with Gasteiger partial charge < -0.3 is 9.26 Å². The van der Waals surface area contributed by atoms with E-state index < -0.39 is 16.5 Å². The zero-order valence-electron chi connectivity index (χ0n) is 11.4. The Morgan fingerprint density at radius 2 is 2.00 bits per heavy atom. The molecule has 0 aliphatic carbocycles. The maximum Gasteiger partial charge on any atom is 0.347 e. The molecule has 0 bridgehead atoms. The first-order chi connectivity index (χ1) is 9.95. The number of ether oxygens (including phenoxy) is 1. The van der Waals surface area contributed by atoms with Crippen molar-refractivity contribution in [3.05, 3.63) is 50.3 Å². The zero-order chi connectivity index (χ0) is 15.6. The van der Waals surface area contributed by atoms with E-state index in [1.54, 1.807) is 6.92 Å².